The molecule has 0 spiro atoms. The van der Waals surface area contributed by atoms with E-state index in [2.05, 4.69) is 4.98 Å². The van der Waals surface area contributed by atoms with Crippen LogP contribution in [0.2, 0.25) is 0 Å². The van der Waals surface area contributed by atoms with Crippen LogP contribution in [0.5, 0.6) is 0 Å². The summed E-state index contributed by atoms with van der Waals surface area (Å²) >= 11 is 0. The highest BCUT2D eigenvalue weighted by Gasteiger charge is 1.88. The number of pyridine rings is 1. The van der Waals surface area contributed by atoms with Gasteiger partial charge in [-0.25, -0.2) is 0 Å². The van der Waals surface area contributed by atoms with Crippen molar-refractivity contribution in [3.05, 3.63) is 59.9 Å². The maximum atomic E-state index is 5.60. The second kappa shape index (κ2) is 4.42. The van der Waals surface area contributed by atoms with Crippen molar-refractivity contribution in [1.82, 2.24) is 4.98 Å². The summed E-state index contributed by atoms with van der Waals surface area (Å²) in [6, 6.07) is 13.6. The van der Waals surface area contributed by atoms with Crippen LogP contribution in [0.1, 0.15) is 11.3 Å². The minimum absolute atomic E-state index is 0.782. The Morgan fingerprint density at radius 2 is 1.73 bits per heavy atom. The first-order chi connectivity index (χ1) is 7.34. The summed E-state index contributed by atoms with van der Waals surface area (Å²) < 4.78 is 0. The molecule has 2 N–H and O–H groups in total. The van der Waals surface area contributed by atoms with Crippen LogP contribution >= 0.6 is 0 Å². The molecule has 0 fully saturated rings. The van der Waals surface area contributed by atoms with E-state index < -0.39 is 0 Å². The van der Waals surface area contributed by atoms with E-state index in [0.29, 0.717) is 0 Å². The van der Waals surface area contributed by atoms with Crippen molar-refractivity contribution < 1.29 is 0 Å². The van der Waals surface area contributed by atoms with Gasteiger partial charge in [0.05, 0.1) is 5.69 Å². The van der Waals surface area contributed by atoms with Gasteiger partial charge in [0, 0.05) is 11.9 Å². The molecule has 1 aromatic heterocycles. The quantitative estimate of drug-likeness (QED) is 0.750. The fraction of sp³-hybridized carbons (Fsp3) is 0. The first-order valence-corrected chi connectivity index (χ1v) is 4.79. The average Bonchev–Trinajstić information content (AvgIpc) is 2.30. The van der Waals surface area contributed by atoms with Gasteiger partial charge in [-0.3, -0.25) is 4.98 Å². The van der Waals surface area contributed by atoms with Gasteiger partial charge in [0.2, 0.25) is 0 Å². The Labute approximate surface area is 89.1 Å². The van der Waals surface area contributed by atoms with Gasteiger partial charge in [0.1, 0.15) is 0 Å². The molecule has 2 nitrogen and oxygen atoms in total. The highest BCUT2D eigenvalue weighted by Crippen LogP contribution is 2.08. The van der Waals surface area contributed by atoms with E-state index >= 15 is 0 Å². The number of nitrogens with zero attached hydrogens (tertiary/aromatic N) is 1. The molecule has 2 aromatic rings. The van der Waals surface area contributed by atoms with E-state index in [-0.39, 0.29) is 0 Å². The third-order valence-corrected chi connectivity index (χ3v) is 2.07. The Morgan fingerprint density at radius 1 is 0.933 bits per heavy atom. The SMILES string of the molecule is Nc1ccc(/C=C/c2ccccn2)cc1. The van der Waals surface area contributed by atoms with Crippen LogP contribution in [-0.2, 0) is 0 Å². The number of benzene rings is 1. The number of aromatic nitrogens is 1. The normalized spacial score (nSPS) is 10.7. The summed E-state index contributed by atoms with van der Waals surface area (Å²) in [5.74, 6) is 0. The van der Waals surface area contributed by atoms with Gasteiger partial charge in [0.25, 0.3) is 0 Å². The molecule has 0 atom stereocenters. The molecular formula is C13H12N2. The van der Waals surface area contributed by atoms with Gasteiger partial charge in [-0.15, -0.1) is 0 Å². The molecule has 2 heteroatoms. The number of nitrogens with two attached hydrogens (primary N) is 1. The fourth-order valence-corrected chi connectivity index (χ4v) is 1.26. The van der Waals surface area contributed by atoms with Crippen LogP contribution in [0.25, 0.3) is 12.2 Å². The summed E-state index contributed by atoms with van der Waals surface area (Å²) in [5, 5.41) is 0. The second-order valence-corrected chi connectivity index (χ2v) is 3.25. The lowest BCUT2D eigenvalue weighted by molar-refractivity contribution is 1.30. The number of rotatable bonds is 2. The van der Waals surface area contributed by atoms with Gasteiger partial charge in [-0.05, 0) is 35.9 Å². The van der Waals surface area contributed by atoms with Crippen molar-refractivity contribution in [2.45, 2.75) is 0 Å². The topological polar surface area (TPSA) is 38.9 Å². The van der Waals surface area contributed by atoms with E-state index in [1.54, 1.807) is 6.20 Å². The molecule has 0 aliphatic rings. The molecular weight excluding hydrogens is 184 g/mol. The molecule has 0 aliphatic carbocycles. The van der Waals surface area contributed by atoms with Gasteiger partial charge in [-0.1, -0.05) is 24.3 Å². The molecule has 1 aromatic carbocycles. The summed E-state index contributed by atoms with van der Waals surface area (Å²) in [6.07, 6.45) is 5.77. The standard InChI is InChI=1S/C13H12N2/c14-12-7-4-11(5-8-12)6-9-13-3-1-2-10-15-13/h1-10H,14H2/b9-6+. The zero-order chi connectivity index (χ0) is 10.5. The lowest BCUT2D eigenvalue weighted by atomic mass is 10.2. The summed E-state index contributed by atoms with van der Waals surface area (Å²) in [4.78, 5) is 4.20. The van der Waals surface area contributed by atoms with Crippen LogP contribution in [0.4, 0.5) is 5.69 Å². The molecule has 74 valence electrons. The third-order valence-electron chi connectivity index (χ3n) is 2.07. The maximum absolute atomic E-state index is 5.60. The molecule has 0 saturated carbocycles. The van der Waals surface area contributed by atoms with Crippen LogP contribution < -0.4 is 5.73 Å². The Morgan fingerprint density at radius 3 is 2.40 bits per heavy atom. The molecule has 15 heavy (non-hydrogen) atoms. The van der Waals surface area contributed by atoms with Crippen molar-refractivity contribution in [1.29, 1.82) is 0 Å². The van der Waals surface area contributed by atoms with Gasteiger partial charge < -0.3 is 5.73 Å². The average molecular weight is 196 g/mol. The first-order valence-electron chi connectivity index (χ1n) is 4.79. The Hall–Kier alpha value is -2.09. The number of anilines is 1. The molecule has 0 radical (unpaired) electrons. The number of hydrogen-bond donors (Lipinski definition) is 1. The van der Waals surface area contributed by atoms with E-state index in [0.717, 1.165) is 16.9 Å². The lowest BCUT2D eigenvalue weighted by Gasteiger charge is -1.94. The van der Waals surface area contributed by atoms with E-state index in [1.165, 1.54) is 0 Å². The van der Waals surface area contributed by atoms with Gasteiger partial charge in [0.15, 0.2) is 0 Å². The molecule has 1 heterocycles. The van der Waals surface area contributed by atoms with Crippen molar-refractivity contribution in [3.63, 3.8) is 0 Å². The largest absolute Gasteiger partial charge is 0.399 e. The predicted molar refractivity (Wildman–Crippen MR) is 64.0 cm³/mol. The van der Waals surface area contributed by atoms with Crippen LogP contribution in [0.3, 0.4) is 0 Å². The second-order valence-electron chi connectivity index (χ2n) is 3.25. The first kappa shape index (κ1) is 9.46. The van der Waals surface area contributed by atoms with Crippen molar-refractivity contribution in [2.24, 2.45) is 0 Å². The monoisotopic (exact) mass is 196 g/mol. The Bertz CT molecular complexity index is 444. The number of hydrogen-bond acceptors (Lipinski definition) is 2. The molecule has 0 amide bonds. The van der Waals surface area contributed by atoms with Crippen molar-refractivity contribution >= 4 is 17.8 Å². The van der Waals surface area contributed by atoms with Gasteiger partial charge in [-0.2, -0.15) is 0 Å². The van der Waals surface area contributed by atoms with Gasteiger partial charge >= 0.3 is 0 Å². The smallest absolute Gasteiger partial charge is 0.0629 e. The zero-order valence-electron chi connectivity index (χ0n) is 8.30. The molecule has 0 unspecified atom stereocenters. The molecule has 0 saturated heterocycles. The van der Waals surface area contributed by atoms with Crippen molar-refractivity contribution in [2.75, 3.05) is 5.73 Å². The minimum Gasteiger partial charge on any atom is -0.399 e. The minimum atomic E-state index is 0.782. The van der Waals surface area contributed by atoms with Crippen LogP contribution in [0.15, 0.2) is 48.7 Å². The lowest BCUT2D eigenvalue weighted by Crippen LogP contribution is -1.82. The zero-order valence-corrected chi connectivity index (χ0v) is 8.30. The van der Waals surface area contributed by atoms with Crippen molar-refractivity contribution in [3.8, 4) is 0 Å². The van der Waals surface area contributed by atoms with Crippen LogP contribution in [0, 0.1) is 0 Å². The number of nitrogen functional groups attached to an aromatic ring is 1. The summed E-state index contributed by atoms with van der Waals surface area (Å²) in [5.41, 5.74) is 8.45. The fourth-order valence-electron chi connectivity index (χ4n) is 1.26. The highest BCUT2D eigenvalue weighted by atomic mass is 14.6. The molecule has 0 aliphatic heterocycles. The van der Waals surface area contributed by atoms with E-state index in [4.69, 9.17) is 5.73 Å². The van der Waals surface area contributed by atoms with Crippen LogP contribution in [-0.4, -0.2) is 4.98 Å². The van der Waals surface area contributed by atoms with E-state index in [9.17, 15) is 0 Å². The highest BCUT2D eigenvalue weighted by molar-refractivity contribution is 5.68. The Balaban J connectivity index is 2.15. The maximum Gasteiger partial charge on any atom is 0.0629 e. The predicted octanol–water partition coefficient (Wildman–Crippen LogP) is 2.83. The Kier molecular flexibility index (Phi) is 2.79. The molecule has 2 rings (SSSR count). The summed E-state index contributed by atoms with van der Waals surface area (Å²) in [6.45, 7) is 0. The molecule has 0 bridgehead atoms. The summed E-state index contributed by atoms with van der Waals surface area (Å²) in [7, 11) is 0. The third kappa shape index (κ3) is 2.68. The van der Waals surface area contributed by atoms with E-state index in [1.807, 2.05) is 54.6 Å².